The van der Waals surface area contributed by atoms with E-state index in [2.05, 4.69) is 31.0 Å². The minimum atomic E-state index is -0.278. The third-order valence-corrected chi connectivity index (χ3v) is 6.05. The Labute approximate surface area is 201 Å². The zero-order chi connectivity index (χ0) is 24.2. The maximum Gasteiger partial charge on any atom is 0.273 e. The number of H-pyrrole nitrogens is 1. The van der Waals surface area contributed by atoms with Crippen LogP contribution in [-0.4, -0.2) is 48.4 Å². The number of nitrogens with zero attached hydrogens (tertiary/aromatic N) is 2. The summed E-state index contributed by atoms with van der Waals surface area (Å²) in [5.74, 6) is 2.42. The lowest BCUT2D eigenvalue weighted by molar-refractivity contribution is 0.0722. The Bertz CT molecular complexity index is 1140. The Morgan fingerprint density at radius 3 is 2.47 bits per heavy atom. The average Bonchev–Trinajstić information content (AvgIpc) is 3.38. The van der Waals surface area contributed by atoms with Gasteiger partial charge in [-0.3, -0.25) is 9.89 Å². The highest BCUT2D eigenvalue weighted by atomic mass is 16.5. The van der Waals surface area contributed by atoms with Gasteiger partial charge in [0, 0.05) is 17.7 Å². The van der Waals surface area contributed by atoms with Crippen LogP contribution in [0, 0.1) is 5.92 Å². The molecule has 1 unspecified atom stereocenters. The number of amides is 1. The summed E-state index contributed by atoms with van der Waals surface area (Å²) in [6, 6.07) is 13.4. The molecule has 1 aliphatic rings. The summed E-state index contributed by atoms with van der Waals surface area (Å²) in [5, 5.41) is 7.56. The molecule has 0 aliphatic carbocycles. The lowest BCUT2D eigenvalue weighted by atomic mass is 9.95. The third kappa shape index (κ3) is 4.47. The molecule has 0 bridgehead atoms. The minimum Gasteiger partial charge on any atom is -0.497 e. The van der Waals surface area contributed by atoms with Crippen LogP contribution in [-0.2, 0) is 0 Å². The fourth-order valence-corrected chi connectivity index (χ4v) is 4.39. The van der Waals surface area contributed by atoms with Crippen LogP contribution in [0.2, 0.25) is 0 Å². The lowest BCUT2D eigenvalue weighted by Gasteiger charge is -2.28. The van der Waals surface area contributed by atoms with E-state index in [0.717, 1.165) is 41.0 Å². The molecule has 0 radical (unpaired) electrons. The number of nitrogens with one attached hydrogen (secondary N) is 1. The standard InChI is InChI=1S/C27H33N3O4/c1-6-7-14-34-21-13-10-19(15-22(21)33-5)26-23-24(18-8-11-20(32-4)12-9-18)28-29-25(23)27(31)30(26)16-17(2)3/h8-13,15,17,26H,6-7,14,16H2,1-5H3,(H,28,29). The fourth-order valence-electron chi connectivity index (χ4n) is 4.39. The number of aromatic amines is 1. The zero-order valence-electron chi connectivity index (χ0n) is 20.6. The summed E-state index contributed by atoms with van der Waals surface area (Å²) < 4.78 is 16.9. The van der Waals surface area contributed by atoms with Crippen LogP contribution in [0.5, 0.6) is 17.2 Å². The number of fused-ring (bicyclic) bond motifs is 1. The van der Waals surface area contributed by atoms with Crippen LogP contribution in [0.15, 0.2) is 42.5 Å². The van der Waals surface area contributed by atoms with Gasteiger partial charge in [0.25, 0.3) is 5.91 Å². The Hall–Kier alpha value is -3.48. The number of benzene rings is 2. The smallest absolute Gasteiger partial charge is 0.273 e. The number of carbonyl (C=O) groups is 1. The quantitative estimate of drug-likeness (QED) is 0.403. The monoisotopic (exact) mass is 463 g/mol. The molecule has 1 amide bonds. The van der Waals surface area contributed by atoms with Gasteiger partial charge in [-0.05, 0) is 54.3 Å². The first-order chi connectivity index (χ1) is 16.5. The molecule has 7 heteroatoms. The highest BCUT2D eigenvalue weighted by molar-refractivity contribution is 6.00. The van der Waals surface area contributed by atoms with Crippen molar-refractivity contribution in [3.8, 4) is 28.5 Å². The minimum absolute atomic E-state index is 0.0387. The summed E-state index contributed by atoms with van der Waals surface area (Å²) in [5.41, 5.74) is 4.08. The number of ether oxygens (including phenoxy) is 3. The van der Waals surface area contributed by atoms with Gasteiger partial charge in [0.2, 0.25) is 0 Å². The number of aromatic nitrogens is 2. The zero-order valence-corrected chi connectivity index (χ0v) is 20.6. The molecular formula is C27H33N3O4. The molecule has 180 valence electrons. The molecular weight excluding hydrogens is 430 g/mol. The van der Waals surface area contributed by atoms with E-state index in [4.69, 9.17) is 14.2 Å². The second-order valence-electron chi connectivity index (χ2n) is 8.96. The summed E-state index contributed by atoms with van der Waals surface area (Å²) in [7, 11) is 3.28. The molecule has 2 heterocycles. The molecule has 2 aromatic carbocycles. The molecule has 0 fully saturated rings. The van der Waals surface area contributed by atoms with E-state index in [1.807, 2.05) is 47.4 Å². The highest BCUT2D eigenvalue weighted by Gasteiger charge is 2.42. The number of hydrogen-bond donors (Lipinski definition) is 1. The largest absolute Gasteiger partial charge is 0.497 e. The van der Waals surface area contributed by atoms with E-state index in [0.29, 0.717) is 36.3 Å². The van der Waals surface area contributed by atoms with Crippen LogP contribution in [0.25, 0.3) is 11.3 Å². The van der Waals surface area contributed by atoms with Crippen molar-refractivity contribution in [1.29, 1.82) is 0 Å². The third-order valence-electron chi connectivity index (χ3n) is 6.05. The van der Waals surface area contributed by atoms with Gasteiger partial charge in [0.1, 0.15) is 11.4 Å². The lowest BCUT2D eigenvalue weighted by Crippen LogP contribution is -2.32. The predicted octanol–water partition coefficient (Wildman–Crippen LogP) is 5.47. The van der Waals surface area contributed by atoms with Gasteiger partial charge in [0.05, 0.1) is 32.6 Å². The molecule has 7 nitrogen and oxygen atoms in total. The van der Waals surface area contributed by atoms with Crippen molar-refractivity contribution in [3.63, 3.8) is 0 Å². The Kier molecular flexibility index (Phi) is 7.10. The summed E-state index contributed by atoms with van der Waals surface area (Å²) in [6.45, 7) is 7.63. The van der Waals surface area contributed by atoms with Crippen molar-refractivity contribution in [2.24, 2.45) is 5.92 Å². The SMILES string of the molecule is CCCCOc1ccc(C2c3c(-c4ccc(OC)cc4)n[nH]c3C(=O)N2CC(C)C)cc1OC. The van der Waals surface area contributed by atoms with Crippen LogP contribution in [0.3, 0.4) is 0 Å². The molecule has 1 N–H and O–H groups in total. The van der Waals surface area contributed by atoms with Crippen LogP contribution in [0.1, 0.15) is 61.3 Å². The molecule has 0 saturated carbocycles. The Morgan fingerprint density at radius 1 is 1.06 bits per heavy atom. The second kappa shape index (κ2) is 10.2. The number of rotatable bonds is 10. The van der Waals surface area contributed by atoms with E-state index in [1.54, 1.807) is 14.2 Å². The molecule has 0 spiro atoms. The van der Waals surface area contributed by atoms with E-state index < -0.39 is 0 Å². The first kappa shape index (κ1) is 23.7. The van der Waals surface area contributed by atoms with Gasteiger partial charge in [-0.15, -0.1) is 0 Å². The number of hydrogen-bond acceptors (Lipinski definition) is 5. The van der Waals surface area contributed by atoms with Crippen molar-refractivity contribution in [3.05, 3.63) is 59.3 Å². The molecule has 1 atom stereocenters. The van der Waals surface area contributed by atoms with Crippen LogP contribution < -0.4 is 14.2 Å². The molecule has 34 heavy (non-hydrogen) atoms. The summed E-state index contributed by atoms with van der Waals surface area (Å²) in [4.78, 5) is 15.4. The fraction of sp³-hybridized carbons (Fsp3) is 0.407. The normalized spacial score (nSPS) is 15.1. The molecule has 0 saturated heterocycles. The molecule has 3 aromatic rings. The van der Waals surface area contributed by atoms with E-state index in [9.17, 15) is 4.79 Å². The number of methoxy groups -OCH3 is 2. The van der Waals surface area contributed by atoms with Gasteiger partial charge in [-0.25, -0.2) is 0 Å². The van der Waals surface area contributed by atoms with Crippen molar-refractivity contribution in [1.82, 2.24) is 15.1 Å². The van der Waals surface area contributed by atoms with Crippen molar-refractivity contribution in [2.75, 3.05) is 27.4 Å². The molecule has 1 aromatic heterocycles. The molecule has 1 aliphatic heterocycles. The topological polar surface area (TPSA) is 76.7 Å². The first-order valence-electron chi connectivity index (χ1n) is 11.8. The van der Waals surface area contributed by atoms with E-state index in [1.165, 1.54) is 0 Å². The second-order valence-corrected chi connectivity index (χ2v) is 8.96. The Morgan fingerprint density at radius 2 is 1.82 bits per heavy atom. The highest BCUT2D eigenvalue weighted by Crippen LogP contribution is 2.45. The van der Waals surface area contributed by atoms with Crippen molar-refractivity contribution in [2.45, 2.75) is 39.7 Å². The maximum atomic E-state index is 13.4. The van der Waals surface area contributed by atoms with E-state index >= 15 is 0 Å². The van der Waals surface area contributed by atoms with Gasteiger partial charge in [0.15, 0.2) is 11.5 Å². The van der Waals surface area contributed by atoms with Crippen LogP contribution in [0.4, 0.5) is 0 Å². The van der Waals surface area contributed by atoms with Gasteiger partial charge < -0.3 is 19.1 Å². The van der Waals surface area contributed by atoms with Crippen molar-refractivity contribution < 1.29 is 19.0 Å². The molecule has 4 rings (SSSR count). The van der Waals surface area contributed by atoms with Gasteiger partial charge in [-0.2, -0.15) is 5.10 Å². The summed E-state index contributed by atoms with van der Waals surface area (Å²) in [6.07, 6.45) is 2.04. The van der Waals surface area contributed by atoms with Crippen molar-refractivity contribution >= 4 is 5.91 Å². The maximum absolute atomic E-state index is 13.4. The van der Waals surface area contributed by atoms with Gasteiger partial charge in [-0.1, -0.05) is 33.3 Å². The number of unbranched alkanes of at least 4 members (excludes halogenated alkanes) is 1. The summed E-state index contributed by atoms with van der Waals surface area (Å²) >= 11 is 0. The Balaban J connectivity index is 1.79. The first-order valence-corrected chi connectivity index (χ1v) is 11.8. The van der Waals surface area contributed by atoms with Crippen LogP contribution >= 0.6 is 0 Å². The van der Waals surface area contributed by atoms with Gasteiger partial charge >= 0.3 is 0 Å². The van der Waals surface area contributed by atoms with E-state index in [-0.39, 0.29) is 11.9 Å². The number of carbonyl (C=O) groups excluding carboxylic acids is 1. The average molecular weight is 464 g/mol. The predicted molar refractivity (Wildman–Crippen MR) is 132 cm³/mol.